The van der Waals surface area contributed by atoms with Gasteiger partial charge in [-0.05, 0) is 69.1 Å². The minimum atomic E-state index is 0.0950. The zero-order valence-electron chi connectivity index (χ0n) is 17.5. The zero-order valence-corrected chi connectivity index (χ0v) is 18.3. The molecule has 0 unspecified atom stereocenters. The molecule has 158 valence electrons. The van der Waals surface area contributed by atoms with Crippen LogP contribution < -0.4 is 4.74 Å². The van der Waals surface area contributed by atoms with Crippen LogP contribution in [-0.2, 0) is 16.7 Å². The first kappa shape index (κ1) is 20.8. The molecule has 5 nitrogen and oxygen atoms in total. The molecule has 29 heavy (non-hydrogen) atoms. The maximum atomic E-state index is 6.01. The lowest BCUT2D eigenvalue weighted by atomic mass is 9.74. The molecule has 1 aromatic carbocycles. The van der Waals surface area contributed by atoms with Crippen LogP contribution in [0.3, 0.4) is 0 Å². The number of rotatable bonds is 9. The van der Waals surface area contributed by atoms with Gasteiger partial charge in [0.05, 0.1) is 6.61 Å². The van der Waals surface area contributed by atoms with Gasteiger partial charge in [-0.15, -0.1) is 0 Å². The molecule has 2 saturated heterocycles. The average molecular weight is 416 g/mol. The summed E-state index contributed by atoms with van der Waals surface area (Å²) in [5, 5.41) is 1.08. The quantitative estimate of drug-likeness (QED) is 0.453. The van der Waals surface area contributed by atoms with Crippen molar-refractivity contribution in [2.45, 2.75) is 49.2 Å². The predicted molar refractivity (Wildman–Crippen MR) is 118 cm³/mol. The molecule has 6 heteroatoms. The van der Waals surface area contributed by atoms with Crippen LogP contribution in [0.25, 0.3) is 0 Å². The van der Waals surface area contributed by atoms with E-state index in [-0.39, 0.29) is 5.41 Å². The minimum absolute atomic E-state index is 0.0950. The monoisotopic (exact) mass is 415 g/mol. The van der Waals surface area contributed by atoms with Gasteiger partial charge in [-0.1, -0.05) is 23.9 Å². The number of likely N-dealkylation sites (tertiary alicyclic amines) is 1. The van der Waals surface area contributed by atoms with Crippen molar-refractivity contribution in [2.75, 3.05) is 45.7 Å². The van der Waals surface area contributed by atoms with Crippen molar-refractivity contribution in [3.8, 4) is 5.75 Å². The molecule has 3 heterocycles. The fraction of sp³-hybridized carbons (Fsp3) is 0.609. The molecule has 2 aromatic rings. The Morgan fingerprint density at radius 1 is 1.14 bits per heavy atom. The van der Waals surface area contributed by atoms with Gasteiger partial charge in [-0.25, -0.2) is 4.98 Å². The highest BCUT2D eigenvalue weighted by Gasteiger charge is 2.35. The third-order valence-electron chi connectivity index (χ3n) is 6.34. The molecule has 0 spiro atoms. The molecule has 0 atom stereocenters. The third kappa shape index (κ3) is 5.16. The molecule has 0 N–H and O–H groups in total. The first-order chi connectivity index (χ1) is 14.3. The summed E-state index contributed by atoms with van der Waals surface area (Å²) < 4.78 is 14.0. The van der Waals surface area contributed by atoms with E-state index in [1.54, 1.807) is 11.8 Å². The Bertz CT molecular complexity index is 750. The lowest BCUT2D eigenvalue weighted by Gasteiger charge is -2.38. The molecule has 0 saturated carbocycles. The second kappa shape index (κ2) is 10.0. The van der Waals surface area contributed by atoms with Crippen molar-refractivity contribution in [1.29, 1.82) is 0 Å². The van der Waals surface area contributed by atoms with E-state index in [1.165, 1.54) is 31.5 Å². The van der Waals surface area contributed by atoms with Crippen molar-refractivity contribution >= 4 is 11.8 Å². The molecule has 1 aromatic heterocycles. The van der Waals surface area contributed by atoms with Crippen molar-refractivity contribution < 1.29 is 9.47 Å². The van der Waals surface area contributed by atoms with Crippen LogP contribution in [0.2, 0.25) is 0 Å². The van der Waals surface area contributed by atoms with Gasteiger partial charge in [0.1, 0.15) is 5.75 Å². The first-order valence-electron chi connectivity index (χ1n) is 10.9. The van der Waals surface area contributed by atoms with Gasteiger partial charge in [-0.3, -0.25) is 0 Å². The second-order valence-corrected chi connectivity index (χ2v) is 8.98. The van der Waals surface area contributed by atoms with E-state index in [4.69, 9.17) is 9.47 Å². The lowest BCUT2D eigenvalue weighted by molar-refractivity contribution is 0.0425. The van der Waals surface area contributed by atoms with E-state index in [9.17, 15) is 0 Å². The van der Waals surface area contributed by atoms with Crippen LogP contribution in [0.4, 0.5) is 0 Å². The van der Waals surface area contributed by atoms with Crippen LogP contribution in [0.1, 0.15) is 37.7 Å². The largest absolute Gasteiger partial charge is 0.494 e. The van der Waals surface area contributed by atoms with Crippen molar-refractivity contribution in [3.05, 3.63) is 42.2 Å². The number of aromatic nitrogens is 2. The van der Waals surface area contributed by atoms with Gasteiger partial charge in [-0.2, -0.15) is 0 Å². The number of benzene rings is 1. The van der Waals surface area contributed by atoms with E-state index < -0.39 is 0 Å². The molecular weight excluding hydrogens is 382 g/mol. The van der Waals surface area contributed by atoms with E-state index >= 15 is 0 Å². The first-order valence-corrected chi connectivity index (χ1v) is 12.1. The minimum Gasteiger partial charge on any atom is -0.494 e. The lowest BCUT2D eigenvalue weighted by Crippen LogP contribution is -2.38. The average Bonchev–Trinajstić information content (AvgIpc) is 3.44. The number of hydrogen-bond donors (Lipinski definition) is 0. The number of nitrogens with zero attached hydrogens (tertiary/aromatic N) is 3. The summed E-state index contributed by atoms with van der Waals surface area (Å²) in [6, 6.07) is 8.81. The van der Waals surface area contributed by atoms with E-state index in [0.29, 0.717) is 0 Å². The highest BCUT2D eigenvalue weighted by Crippen LogP contribution is 2.38. The Labute approximate surface area is 178 Å². The smallest absolute Gasteiger partial charge is 0.167 e. The maximum absolute atomic E-state index is 6.01. The van der Waals surface area contributed by atoms with Crippen LogP contribution >= 0.6 is 11.8 Å². The van der Waals surface area contributed by atoms with Gasteiger partial charge >= 0.3 is 0 Å². The van der Waals surface area contributed by atoms with Crippen LogP contribution in [0, 0.1) is 0 Å². The number of hydrogen-bond acceptors (Lipinski definition) is 5. The Morgan fingerprint density at radius 3 is 2.62 bits per heavy atom. The molecule has 0 amide bonds. The molecule has 2 aliphatic rings. The van der Waals surface area contributed by atoms with Crippen LogP contribution in [0.5, 0.6) is 5.75 Å². The van der Waals surface area contributed by atoms with Gasteiger partial charge < -0.3 is 18.9 Å². The van der Waals surface area contributed by atoms with Gasteiger partial charge in [0.25, 0.3) is 0 Å². The number of thioether (sulfide) groups is 1. The molecule has 4 rings (SSSR count). The predicted octanol–water partition coefficient (Wildman–Crippen LogP) is 4.22. The van der Waals surface area contributed by atoms with Crippen molar-refractivity contribution in [2.24, 2.45) is 0 Å². The normalized spacial score (nSPS) is 19.5. The topological polar surface area (TPSA) is 39.5 Å². The second-order valence-electron chi connectivity index (χ2n) is 8.21. The Balaban J connectivity index is 1.39. The summed E-state index contributed by atoms with van der Waals surface area (Å²) >= 11 is 1.70. The Kier molecular flexibility index (Phi) is 7.16. The highest BCUT2D eigenvalue weighted by molar-refractivity contribution is 7.98. The van der Waals surface area contributed by atoms with E-state index in [2.05, 4.69) is 51.2 Å². The molecule has 2 fully saturated rings. The fourth-order valence-corrected chi connectivity index (χ4v) is 5.15. The summed E-state index contributed by atoms with van der Waals surface area (Å²) in [4.78, 5) is 7.02. The Hall–Kier alpha value is -1.50. The SMILES string of the molecule is CSc1nccn1CC1(c2ccc(OCCCN3CCCC3)cc2)CCOCC1. The maximum Gasteiger partial charge on any atom is 0.167 e. The van der Waals surface area contributed by atoms with Gasteiger partial charge in [0.15, 0.2) is 5.16 Å². The molecule has 0 aliphatic carbocycles. The number of imidazole rings is 1. The summed E-state index contributed by atoms with van der Waals surface area (Å²) in [6.45, 7) is 7.05. The molecular formula is C23H33N3O2S. The molecule has 2 aliphatic heterocycles. The summed E-state index contributed by atoms with van der Waals surface area (Å²) in [7, 11) is 0. The zero-order chi connectivity index (χ0) is 19.9. The van der Waals surface area contributed by atoms with Gasteiger partial charge in [0.2, 0.25) is 0 Å². The Morgan fingerprint density at radius 2 is 1.90 bits per heavy atom. The van der Waals surface area contributed by atoms with E-state index in [1.807, 2.05) is 6.20 Å². The molecule has 0 bridgehead atoms. The third-order valence-corrected chi connectivity index (χ3v) is 7.04. The summed E-state index contributed by atoms with van der Waals surface area (Å²) in [5.74, 6) is 0.977. The van der Waals surface area contributed by atoms with Crippen LogP contribution in [-0.4, -0.2) is 60.2 Å². The highest BCUT2D eigenvalue weighted by atomic mass is 32.2. The van der Waals surface area contributed by atoms with Crippen LogP contribution in [0.15, 0.2) is 41.8 Å². The standard InChI is InChI=1S/C23H33N3O2S/c1-29-22-24-11-15-26(22)19-23(9-17-27-18-10-23)20-5-7-21(8-6-20)28-16-4-14-25-12-2-3-13-25/h5-8,11,15H,2-4,9-10,12-14,16-19H2,1H3. The van der Waals surface area contributed by atoms with E-state index in [0.717, 1.165) is 63.1 Å². The van der Waals surface area contributed by atoms with Gasteiger partial charge in [0, 0.05) is 44.1 Å². The summed E-state index contributed by atoms with van der Waals surface area (Å²) in [5.41, 5.74) is 1.48. The van der Waals surface area contributed by atoms with Crippen molar-refractivity contribution in [1.82, 2.24) is 14.5 Å². The number of ether oxygens (including phenoxy) is 2. The fourth-order valence-electron chi connectivity index (χ4n) is 4.62. The molecule has 0 radical (unpaired) electrons. The summed E-state index contributed by atoms with van der Waals surface area (Å²) in [6.07, 6.45) is 12.0. The van der Waals surface area contributed by atoms with Crippen molar-refractivity contribution in [3.63, 3.8) is 0 Å².